The van der Waals surface area contributed by atoms with Gasteiger partial charge in [-0.3, -0.25) is 0 Å². The molecule has 14 heavy (non-hydrogen) atoms. The standard InChI is InChI=1S/C10H7FN2O/c11-8-3-5-9(6-4-8)14-10-2-1-7-12-13-10/h1-7H. The van der Waals surface area contributed by atoms with Gasteiger partial charge in [-0.2, -0.15) is 5.10 Å². The minimum absolute atomic E-state index is 0.295. The SMILES string of the molecule is Fc1ccc(Oc2cccnn2)cc1. The van der Waals surface area contributed by atoms with Gasteiger partial charge in [0.15, 0.2) is 0 Å². The van der Waals surface area contributed by atoms with Crippen molar-refractivity contribution in [2.45, 2.75) is 0 Å². The number of hydrogen-bond acceptors (Lipinski definition) is 3. The molecule has 1 aromatic heterocycles. The van der Waals surface area contributed by atoms with E-state index in [1.165, 1.54) is 24.3 Å². The summed E-state index contributed by atoms with van der Waals surface area (Å²) in [5.41, 5.74) is 0. The minimum Gasteiger partial charge on any atom is -0.438 e. The first kappa shape index (κ1) is 8.62. The molecule has 0 bridgehead atoms. The second kappa shape index (κ2) is 3.83. The van der Waals surface area contributed by atoms with Gasteiger partial charge in [0.1, 0.15) is 11.6 Å². The van der Waals surface area contributed by atoms with Gasteiger partial charge in [0.05, 0.1) is 0 Å². The summed E-state index contributed by atoms with van der Waals surface area (Å²) in [6.07, 6.45) is 1.55. The third-order valence-electron chi connectivity index (χ3n) is 1.58. The van der Waals surface area contributed by atoms with Crippen LogP contribution in [-0.2, 0) is 0 Å². The maximum atomic E-state index is 12.5. The lowest BCUT2D eigenvalue weighted by Crippen LogP contribution is -1.88. The largest absolute Gasteiger partial charge is 0.438 e. The Hall–Kier alpha value is -1.97. The molecule has 0 unspecified atom stereocenters. The summed E-state index contributed by atoms with van der Waals surface area (Å²) in [5.74, 6) is 0.627. The maximum absolute atomic E-state index is 12.5. The first-order chi connectivity index (χ1) is 6.84. The molecule has 0 fully saturated rings. The molecule has 3 nitrogen and oxygen atoms in total. The van der Waals surface area contributed by atoms with Gasteiger partial charge < -0.3 is 4.74 Å². The van der Waals surface area contributed by atoms with Crippen LogP contribution in [0.3, 0.4) is 0 Å². The van der Waals surface area contributed by atoms with E-state index in [1.54, 1.807) is 18.3 Å². The van der Waals surface area contributed by atoms with Gasteiger partial charge in [-0.25, -0.2) is 4.39 Å². The van der Waals surface area contributed by atoms with Gasteiger partial charge in [0.2, 0.25) is 5.88 Å². The topological polar surface area (TPSA) is 35.0 Å². The Kier molecular flexibility index (Phi) is 2.36. The van der Waals surface area contributed by atoms with E-state index >= 15 is 0 Å². The number of rotatable bonds is 2. The first-order valence-corrected chi connectivity index (χ1v) is 4.06. The van der Waals surface area contributed by atoms with Crippen LogP contribution in [-0.4, -0.2) is 10.2 Å². The molecule has 2 aromatic rings. The summed E-state index contributed by atoms with van der Waals surface area (Å²) in [6.45, 7) is 0. The molecule has 0 aliphatic rings. The summed E-state index contributed by atoms with van der Waals surface area (Å²) < 4.78 is 17.8. The Bertz CT molecular complexity index is 402. The highest BCUT2D eigenvalue weighted by Crippen LogP contribution is 2.17. The molecule has 1 aromatic carbocycles. The number of aromatic nitrogens is 2. The predicted octanol–water partition coefficient (Wildman–Crippen LogP) is 2.41. The molecule has 0 amide bonds. The van der Waals surface area contributed by atoms with Crippen LogP contribution in [0.15, 0.2) is 42.6 Å². The van der Waals surface area contributed by atoms with Gasteiger partial charge in [-0.05, 0) is 30.3 Å². The molecule has 0 spiro atoms. The fourth-order valence-corrected chi connectivity index (χ4v) is 0.965. The van der Waals surface area contributed by atoms with Gasteiger partial charge in [-0.15, -0.1) is 5.10 Å². The fraction of sp³-hybridized carbons (Fsp3) is 0. The molecule has 0 N–H and O–H groups in total. The van der Waals surface area contributed by atoms with Crippen LogP contribution in [0.25, 0.3) is 0 Å². The van der Waals surface area contributed by atoms with E-state index in [-0.39, 0.29) is 5.82 Å². The van der Waals surface area contributed by atoms with Crippen LogP contribution < -0.4 is 4.74 Å². The molecule has 0 atom stereocenters. The predicted molar refractivity (Wildman–Crippen MR) is 48.5 cm³/mol. The molecule has 0 saturated carbocycles. The summed E-state index contributed by atoms with van der Waals surface area (Å²) in [5, 5.41) is 7.38. The van der Waals surface area contributed by atoms with Crippen molar-refractivity contribution < 1.29 is 9.13 Å². The number of hydrogen-bond donors (Lipinski definition) is 0. The van der Waals surface area contributed by atoms with Crippen LogP contribution in [0.1, 0.15) is 0 Å². The highest BCUT2D eigenvalue weighted by molar-refractivity contribution is 5.26. The number of ether oxygens (including phenoxy) is 1. The van der Waals surface area contributed by atoms with E-state index in [1.807, 2.05) is 0 Å². The smallest absolute Gasteiger partial charge is 0.238 e. The average Bonchev–Trinajstić information content (AvgIpc) is 2.23. The van der Waals surface area contributed by atoms with Gasteiger partial charge in [-0.1, -0.05) is 0 Å². The van der Waals surface area contributed by atoms with E-state index in [4.69, 9.17) is 4.74 Å². The molecule has 0 radical (unpaired) electrons. The molecule has 2 rings (SSSR count). The van der Waals surface area contributed by atoms with Crippen molar-refractivity contribution in [1.29, 1.82) is 0 Å². The lowest BCUT2D eigenvalue weighted by molar-refractivity contribution is 0.453. The highest BCUT2D eigenvalue weighted by atomic mass is 19.1. The molecular formula is C10H7FN2O. The van der Waals surface area contributed by atoms with E-state index in [2.05, 4.69) is 10.2 Å². The van der Waals surface area contributed by atoms with E-state index in [0.717, 1.165) is 0 Å². The molecule has 0 saturated heterocycles. The van der Waals surface area contributed by atoms with Gasteiger partial charge >= 0.3 is 0 Å². The van der Waals surface area contributed by atoms with Crippen LogP contribution in [0.4, 0.5) is 4.39 Å². The molecule has 4 heteroatoms. The lowest BCUT2D eigenvalue weighted by atomic mass is 10.3. The molecule has 1 heterocycles. The molecule has 0 aliphatic heterocycles. The number of benzene rings is 1. The Labute approximate surface area is 80.2 Å². The Balaban J connectivity index is 2.16. The zero-order chi connectivity index (χ0) is 9.80. The van der Waals surface area contributed by atoms with Crippen molar-refractivity contribution in [3.8, 4) is 11.6 Å². The van der Waals surface area contributed by atoms with Crippen molar-refractivity contribution in [1.82, 2.24) is 10.2 Å². The zero-order valence-corrected chi connectivity index (χ0v) is 7.22. The summed E-state index contributed by atoms with van der Waals surface area (Å²) >= 11 is 0. The van der Waals surface area contributed by atoms with Gasteiger partial charge in [0, 0.05) is 12.3 Å². The Morgan fingerprint density at radius 1 is 1.07 bits per heavy atom. The minimum atomic E-state index is -0.295. The van der Waals surface area contributed by atoms with Crippen LogP contribution >= 0.6 is 0 Å². The van der Waals surface area contributed by atoms with Crippen LogP contribution in [0, 0.1) is 5.82 Å². The first-order valence-electron chi connectivity index (χ1n) is 4.06. The van der Waals surface area contributed by atoms with E-state index < -0.39 is 0 Å². The van der Waals surface area contributed by atoms with Crippen LogP contribution in [0.5, 0.6) is 11.6 Å². The van der Waals surface area contributed by atoms with Crippen molar-refractivity contribution in [3.63, 3.8) is 0 Å². The average molecular weight is 190 g/mol. The monoisotopic (exact) mass is 190 g/mol. The second-order valence-corrected chi connectivity index (χ2v) is 2.62. The van der Waals surface area contributed by atoms with Crippen molar-refractivity contribution in [3.05, 3.63) is 48.4 Å². The van der Waals surface area contributed by atoms with Crippen molar-refractivity contribution in [2.24, 2.45) is 0 Å². The quantitative estimate of drug-likeness (QED) is 0.729. The summed E-state index contributed by atoms with van der Waals surface area (Å²) in [4.78, 5) is 0. The summed E-state index contributed by atoms with van der Waals surface area (Å²) in [6, 6.07) is 9.10. The van der Waals surface area contributed by atoms with Crippen molar-refractivity contribution in [2.75, 3.05) is 0 Å². The molecular weight excluding hydrogens is 183 g/mol. The highest BCUT2D eigenvalue weighted by Gasteiger charge is 1.97. The third-order valence-corrected chi connectivity index (χ3v) is 1.58. The third kappa shape index (κ3) is 2.04. The molecule has 0 aliphatic carbocycles. The van der Waals surface area contributed by atoms with E-state index in [9.17, 15) is 4.39 Å². The Morgan fingerprint density at radius 3 is 2.50 bits per heavy atom. The Morgan fingerprint density at radius 2 is 1.86 bits per heavy atom. The van der Waals surface area contributed by atoms with Gasteiger partial charge in [0.25, 0.3) is 0 Å². The van der Waals surface area contributed by atoms with Crippen LogP contribution in [0.2, 0.25) is 0 Å². The zero-order valence-electron chi connectivity index (χ0n) is 7.22. The number of halogens is 1. The molecule has 70 valence electrons. The summed E-state index contributed by atoms with van der Waals surface area (Å²) in [7, 11) is 0. The maximum Gasteiger partial charge on any atom is 0.238 e. The fourth-order valence-electron chi connectivity index (χ4n) is 0.965. The number of nitrogens with zero attached hydrogens (tertiary/aromatic N) is 2. The van der Waals surface area contributed by atoms with E-state index in [0.29, 0.717) is 11.6 Å². The second-order valence-electron chi connectivity index (χ2n) is 2.62. The normalized spacial score (nSPS) is 9.79. The van der Waals surface area contributed by atoms with Crippen molar-refractivity contribution >= 4 is 0 Å². The lowest BCUT2D eigenvalue weighted by Gasteiger charge is -2.02.